The molecule has 7 nitrogen and oxygen atoms in total. The molecule has 0 amide bonds. The normalized spacial score (nSPS) is 20.0. The van der Waals surface area contributed by atoms with Crippen molar-refractivity contribution in [1.29, 1.82) is 0 Å². The fourth-order valence-electron chi connectivity index (χ4n) is 4.10. The Bertz CT molecular complexity index is 1150. The minimum atomic E-state index is -4.54. The van der Waals surface area contributed by atoms with Gasteiger partial charge in [-0.3, -0.25) is 10.1 Å². The predicted octanol–water partition coefficient (Wildman–Crippen LogP) is 4.38. The van der Waals surface area contributed by atoms with Crippen molar-refractivity contribution in [2.75, 3.05) is 13.2 Å². The van der Waals surface area contributed by atoms with E-state index >= 15 is 0 Å². The van der Waals surface area contributed by atoms with Crippen molar-refractivity contribution >= 4 is 15.7 Å². The second-order valence-electron chi connectivity index (χ2n) is 7.55. The maximum atomic E-state index is 13.4. The van der Waals surface area contributed by atoms with Crippen LogP contribution in [0.25, 0.3) is 0 Å². The van der Waals surface area contributed by atoms with Crippen molar-refractivity contribution in [3.05, 3.63) is 69.3 Å². The highest BCUT2D eigenvalue weighted by molar-refractivity contribution is 7.89. The van der Waals surface area contributed by atoms with E-state index in [9.17, 15) is 31.7 Å². The van der Waals surface area contributed by atoms with Crippen LogP contribution in [-0.2, 0) is 26.5 Å². The van der Waals surface area contributed by atoms with Gasteiger partial charge in [-0.15, -0.1) is 0 Å². The number of fused-ring (bicyclic) bond motifs is 2. The molecule has 1 atom stereocenters. The zero-order valence-corrected chi connectivity index (χ0v) is 17.2. The van der Waals surface area contributed by atoms with Gasteiger partial charge in [0.05, 0.1) is 28.7 Å². The van der Waals surface area contributed by atoms with E-state index < -0.39 is 48.9 Å². The van der Waals surface area contributed by atoms with Gasteiger partial charge in [0.1, 0.15) is 0 Å². The lowest BCUT2D eigenvalue weighted by atomic mass is 9.90. The van der Waals surface area contributed by atoms with E-state index in [2.05, 4.69) is 0 Å². The third kappa shape index (κ3) is 3.60. The number of ether oxygens (including phenoxy) is 1. The van der Waals surface area contributed by atoms with Gasteiger partial charge in [0.25, 0.3) is 15.7 Å². The molecule has 1 heterocycles. The number of hydrogen-bond donors (Lipinski definition) is 0. The zero-order valence-electron chi connectivity index (χ0n) is 16.4. The number of nitrogens with zero attached hydrogens (tertiary/aromatic N) is 2. The van der Waals surface area contributed by atoms with Crippen molar-refractivity contribution in [3.8, 4) is 0 Å². The van der Waals surface area contributed by atoms with Crippen LogP contribution >= 0.6 is 0 Å². The lowest BCUT2D eigenvalue weighted by Crippen LogP contribution is -2.41. The van der Waals surface area contributed by atoms with Crippen LogP contribution in [-0.4, -0.2) is 30.8 Å². The summed E-state index contributed by atoms with van der Waals surface area (Å²) in [4.78, 5) is 10.1. The van der Waals surface area contributed by atoms with E-state index in [1.807, 2.05) is 0 Å². The minimum absolute atomic E-state index is 0.0458. The summed E-state index contributed by atoms with van der Waals surface area (Å²) in [6.45, 7) is 1.47. The van der Waals surface area contributed by atoms with Crippen molar-refractivity contribution in [1.82, 2.24) is 4.31 Å². The highest BCUT2D eigenvalue weighted by atomic mass is 32.2. The molecule has 1 aliphatic carbocycles. The fourth-order valence-corrected chi connectivity index (χ4v) is 5.86. The topological polar surface area (TPSA) is 89.8 Å². The smallest absolute Gasteiger partial charge is 0.368 e. The van der Waals surface area contributed by atoms with E-state index in [0.29, 0.717) is 24.0 Å². The molecule has 1 saturated carbocycles. The quantitative estimate of drug-likeness (QED) is 0.492. The Morgan fingerprint density at radius 2 is 1.90 bits per heavy atom. The molecule has 31 heavy (non-hydrogen) atoms. The van der Waals surface area contributed by atoms with Gasteiger partial charge in [-0.2, -0.15) is 17.5 Å². The molecule has 2 aromatic rings. The molecule has 1 fully saturated rings. The first kappa shape index (κ1) is 21.7. The van der Waals surface area contributed by atoms with Crippen LogP contribution in [0.15, 0.2) is 47.4 Å². The third-order valence-electron chi connectivity index (χ3n) is 5.76. The van der Waals surface area contributed by atoms with Crippen molar-refractivity contribution in [3.63, 3.8) is 0 Å². The van der Waals surface area contributed by atoms with Crippen LogP contribution in [0, 0.1) is 10.1 Å². The first-order valence-corrected chi connectivity index (χ1v) is 11.1. The van der Waals surface area contributed by atoms with E-state index in [4.69, 9.17) is 4.74 Å². The summed E-state index contributed by atoms with van der Waals surface area (Å²) in [5.74, 6) is 0. The van der Waals surface area contributed by atoms with Gasteiger partial charge in [0, 0.05) is 12.6 Å². The van der Waals surface area contributed by atoms with Crippen LogP contribution in [0.1, 0.15) is 42.5 Å². The van der Waals surface area contributed by atoms with Crippen LogP contribution < -0.4 is 0 Å². The molecule has 2 aromatic carbocycles. The number of para-hydroxylation sites is 1. The molecule has 0 N–H and O–H groups in total. The predicted molar refractivity (Wildman–Crippen MR) is 104 cm³/mol. The molecule has 0 radical (unpaired) electrons. The molecule has 166 valence electrons. The molecule has 2 aliphatic rings. The summed E-state index contributed by atoms with van der Waals surface area (Å²) < 4.78 is 73.5. The largest absolute Gasteiger partial charge is 0.416 e. The molecule has 0 bridgehead atoms. The molecule has 0 aromatic heterocycles. The molecular formula is C20H19F3N2O5S. The maximum absolute atomic E-state index is 13.4. The number of hydrogen-bond acceptors (Lipinski definition) is 5. The van der Waals surface area contributed by atoms with Gasteiger partial charge in [-0.25, -0.2) is 8.42 Å². The number of nitro benzene ring substituents is 1. The Morgan fingerprint density at radius 1 is 1.23 bits per heavy atom. The van der Waals surface area contributed by atoms with E-state index in [1.54, 1.807) is 6.92 Å². The van der Waals surface area contributed by atoms with E-state index in [0.717, 1.165) is 28.6 Å². The summed E-state index contributed by atoms with van der Waals surface area (Å²) in [5, 5.41) is 11.4. The first-order chi connectivity index (χ1) is 14.5. The Kier molecular flexibility index (Phi) is 5.10. The molecule has 1 unspecified atom stereocenters. The van der Waals surface area contributed by atoms with Gasteiger partial charge in [-0.1, -0.05) is 25.1 Å². The summed E-state index contributed by atoms with van der Waals surface area (Å²) in [6, 6.07) is 7.34. The van der Waals surface area contributed by atoms with Gasteiger partial charge < -0.3 is 4.74 Å². The summed E-state index contributed by atoms with van der Waals surface area (Å²) in [7, 11) is -4.34. The maximum Gasteiger partial charge on any atom is 0.416 e. The van der Waals surface area contributed by atoms with Crippen LogP contribution in [0.4, 0.5) is 18.9 Å². The first-order valence-electron chi connectivity index (χ1n) is 9.62. The van der Waals surface area contributed by atoms with Crippen molar-refractivity contribution < 1.29 is 31.2 Å². The molecule has 4 rings (SSSR count). The van der Waals surface area contributed by atoms with Gasteiger partial charge in [0.2, 0.25) is 0 Å². The lowest BCUT2D eigenvalue weighted by Gasteiger charge is -2.38. The van der Waals surface area contributed by atoms with Crippen LogP contribution in [0.3, 0.4) is 0 Å². The molecule has 11 heteroatoms. The second-order valence-corrected chi connectivity index (χ2v) is 9.41. The van der Waals surface area contributed by atoms with Gasteiger partial charge >= 0.3 is 6.18 Å². The second kappa shape index (κ2) is 7.28. The number of sulfonamides is 1. The highest BCUT2D eigenvalue weighted by Crippen LogP contribution is 2.56. The Hall–Kier alpha value is -2.50. The Balaban J connectivity index is 1.82. The molecule has 0 saturated heterocycles. The third-order valence-corrected chi connectivity index (χ3v) is 7.79. The van der Waals surface area contributed by atoms with E-state index in [-0.39, 0.29) is 13.2 Å². The number of nitro groups is 1. The number of halogens is 3. The fraction of sp³-hybridized carbons (Fsp3) is 0.400. The Morgan fingerprint density at radius 3 is 2.48 bits per heavy atom. The van der Waals surface area contributed by atoms with Crippen LogP contribution in [0.2, 0.25) is 0 Å². The van der Waals surface area contributed by atoms with E-state index in [1.165, 1.54) is 18.2 Å². The summed E-state index contributed by atoms with van der Waals surface area (Å²) in [5.41, 5.74) is -1.46. The summed E-state index contributed by atoms with van der Waals surface area (Å²) >= 11 is 0. The molecule has 1 spiro atoms. The SMILES string of the molecule is CCN(C1COC2(CC2)c2cc(C(F)(F)F)ccc21)S(=O)(=O)c1ccccc1[N+](=O)[O-]. The highest BCUT2D eigenvalue weighted by Gasteiger charge is 2.53. The standard InChI is InChI=1S/C20H19F3N2O5S/c1-2-24(31(28,29)18-6-4-3-5-16(18)25(26)27)17-12-30-19(9-10-19)15-11-13(20(21,22)23)7-8-14(15)17/h3-8,11,17H,2,9-10,12H2,1H3. The average molecular weight is 456 g/mol. The van der Waals surface area contributed by atoms with Gasteiger partial charge in [-0.05, 0) is 42.2 Å². The Labute approximate surface area is 176 Å². The van der Waals surface area contributed by atoms with Crippen LogP contribution in [0.5, 0.6) is 0 Å². The monoisotopic (exact) mass is 456 g/mol. The average Bonchev–Trinajstić information content (AvgIpc) is 3.49. The number of benzene rings is 2. The zero-order chi connectivity index (χ0) is 22.6. The lowest BCUT2D eigenvalue weighted by molar-refractivity contribution is -0.387. The van der Waals surface area contributed by atoms with Crippen molar-refractivity contribution in [2.24, 2.45) is 0 Å². The summed E-state index contributed by atoms with van der Waals surface area (Å²) in [6.07, 6.45) is -3.44. The number of likely N-dealkylation sites (N-methyl/N-ethyl adjacent to an activating group) is 1. The molecule has 1 aliphatic heterocycles. The molecular weight excluding hydrogens is 437 g/mol. The van der Waals surface area contributed by atoms with Crippen molar-refractivity contribution in [2.45, 2.75) is 42.5 Å². The minimum Gasteiger partial charge on any atom is -0.368 e. The number of alkyl halides is 3. The number of rotatable bonds is 5. The van der Waals surface area contributed by atoms with Gasteiger partial charge in [0.15, 0.2) is 4.90 Å².